The monoisotopic (exact) mass is 470 g/mol. The van der Waals surface area contributed by atoms with Gasteiger partial charge in [-0.25, -0.2) is 4.79 Å². The van der Waals surface area contributed by atoms with Gasteiger partial charge in [0.15, 0.2) is 20.2 Å². The Balaban J connectivity index is 1.87. The van der Waals surface area contributed by atoms with Crippen molar-refractivity contribution in [3.63, 3.8) is 0 Å². The van der Waals surface area contributed by atoms with Gasteiger partial charge in [0.05, 0.1) is 6.61 Å². The Morgan fingerprint density at radius 3 is 1.94 bits per heavy atom. The number of ether oxygens (including phenoxy) is 3. The van der Waals surface area contributed by atoms with E-state index in [1.165, 1.54) is 0 Å². The summed E-state index contributed by atoms with van der Waals surface area (Å²) in [6.45, 7) is 10.7. The Morgan fingerprint density at radius 1 is 0.939 bits per heavy atom. The van der Waals surface area contributed by atoms with Gasteiger partial charge in [-0.05, 0) is 29.3 Å². The highest BCUT2D eigenvalue weighted by molar-refractivity contribution is 6.74. The van der Waals surface area contributed by atoms with E-state index >= 15 is 0 Å². The zero-order valence-corrected chi connectivity index (χ0v) is 21.0. The molecule has 0 saturated heterocycles. The number of rotatable bonds is 10. The fourth-order valence-corrected chi connectivity index (χ4v) is 4.50. The average Bonchev–Trinajstić information content (AvgIpc) is 3.10. The number of aliphatic hydroxyl groups excluding tert-OH is 1. The number of aliphatic hydroxyl groups is 1. The van der Waals surface area contributed by atoms with Crippen molar-refractivity contribution in [1.82, 2.24) is 0 Å². The molecule has 1 aliphatic heterocycles. The first-order valence-corrected chi connectivity index (χ1v) is 14.1. The van der Waals surface area contributed by atoms with Crippen molar-refractivity contribution in [3.05, 3.63) is 83.3 Å². The maximum atomic E-state index is 12.8. The van der Waals surface area contributed by atoms with Crippen LogP contribution in [0.5, 0.6) is 0 Å². The smallest absolute Gasteiger partial charge is 0.378 e. The third kappa shape index (κ3) is 6.25. The molecule has 2 aromatic carbocycles. The van der Waals surface area contributed by atoms with Gasteiger partial charge in [0, 0.05) is 0 Å². The molecule has 0 saturated carbocycles. The topological polar surface area (TPSA) is 74.2 Å². The Kier molecular flexibility index (Phi) is 7.99. The van der Waals surface area contributed by atoms with Gasteiger partial charge in [0.1, 0.15) is 19.3 Å². The number of hydrogen-bond acceptors (Lipinski definition) is 6. The van der Waals surface area contributed by atoms with E-state index in [2.05, 4.69) is 33.9 Å². The minimum Gasteiger partial charge on any atom is -0.485 e. The van der Waals surface area contributed by atoms with E-state index in [1.54, 1.807) is 0 Å². The normalized spacial score (nSPS) is 17.6. The van der Waals surface area contributed by atoms with Gasteiger partial charge in [-0.15, -0.1) is 0 Å². The molecule has 0 spiro atoms. The second-order valence-corrected chi connectivity index (χ2v) is 14.4. The largest absolute Gasteiger partial charge is 0.485 e. The summed E-state index contributed by atoms with van der Waals surface area (Å²) in [5, 5.41) is 10.1. The van der Waals surface area contributed by atoms with Crippen molar-refractivity contribution < 1.29 is 28.5 Å². The molecule has 0 unspecified atom stereocenters. The van der Waals surface area contributed by atoms with Crippen LogP contribution >= 0.6 is 0 Å². The highest BCUT2D eigenvalue weighted by atomic mass is 28.4. The molecular weight excluding hydrogens is 436 g/mol. The molecule has 1 N–H and O–H groups in total. The van der Waals surface area contributed by atoms with E-state index in [1.807, 2.05) is 60.7 Å². The third-order valence-corrected chi connectivity index (χ3v) is 10.6. The van der Waals surface area contributed by atoms with Crippen LogP contribution in [0.2, 0.25) is 18.1 Å². The lowest BCUT2D eigenvalue weighted by atomic mass is 10.1. The lowest BCUT2D eigenvalue weighted by Crippen LogP contribution is -2.49. The van der Waals surface area contributed by atoms with Gasteiger partial charge in [-0.1, -0.05) is 81.4 Å². The van der Waals surface area contributed by atoms with E-state index in [0.717, 1.165) is 11.1 Å². The molecule has 33 heavy (non-hydrogen) atoms. The van der Waals surface area contributed by atoms with Crippen LogP contribution < -0.4 is 0 Å². The summed E-state index contributed by atoms with van der Waals surface area (Å²) in [5.74, 6) is -0.328. The van der Waals surface area contributed by atoms with E-state index < -0.39 is 26.5 Å². The molecule has 1 aliphatic rings. The van der Waals surface area contributed by atoms with Crippen molar-refractivity contribution in [2.75, 3.05) is 6.61 Å². The zero-order valence-electron chi connectivity index (χ0n) is 20.0. The average molecular weight is 471 g/mol. The number of carbonyl (C=O) groups excluding carboxylic acids is 1. The molecule has 0 fully saturated rings. The molecule has 2 atom stereocenters. The number of benzene rings is 2. The van der Waals surface area contributed by atoms with Crippen LogP contribution in [0, 0.1) is 0 Å². The second kappa shape index (κ2) is 10.5. The minimum absolute atomic E-state index is 0.0251. The molecule has 0 aromatic heterocycles. The van der Waals surface area contributed by atoms with Gasteiger partial charge in [0.25, 0.3) is 0 Å². The number of carbonyl (C=O) groups is 1. The summed E-state index contributed by atoms with van der Waals surface area (Å²) in [4.78, 5) is 12.8. The molecule has 3 rings (SSSR count). The number of cyclic esters (lactones) is 1. The fraction of sp³-hybridized carbons (Fsp3) is 0.423. The lowest BCUT2D eigenvalue weighted by Gasteiger charge is -2.40. The van der Waals surface area contributed by atoms with Crippen LogP contribution in [-0.2, 0) is 36.6 Å². The van der Waals surface area contributed by atoms with E-state index in [-0.39, 0.29) is 36.4 Å². The molecule has 0 bridgehead atoms. The van der Waals surface area contributed by atoms with Crippen molar-refractivity contribution >= 4 is 14.3 Å². The predicted molar refractivity (Wildman–Crippen MR) is 129 cm³/mol. The summed E-state index contributed by atoms with van der Waals surface area (Å²) >= 11 is 0. The van der Waals surface area contributed by atoms with Crippen molar-refractivity contribution in [2.24, 2.45) is 0 Å². The SMILES string of the molecule is CC(C)(C)[Si](C)(C)O[C@H](CO)[C@H]1OC(=O)C(OCc2ccccc2)=C1OCc1ccccc1. The maximum Gasteiger partial charge on any atom is 0.378 e. The summed E-state index contributed by atoms with van der Waals surface area (Å²) < 4.78 is 24.0. The highest BCUT2D eigenvalue weighted by Crippen LogP contribution is 2.39. The van der Waals surface area contributed by atoms with Crippen LogP contribution in [0.4, 0.5) is 0 Å². The van der Waals surface area contributed by atoms with Gasteiger partial charge in [0.2, 0.25) is 5.76 Å². The summed E-state index contributed by atoms with van der Waals surface area (Å²) in [6.07, 6.45) is -1.63. The first-order chi connectivity index (χ1) is 15.6. The highest BCUT2D eigenvalue weighted by Gasteiger charge is 2.47. The number of hydrogen-bond donors (Lipinski definition) is 1. The predicted octanol–water partition coefficient (Wildman–Crippen LogP) is 4.94. The van der Waals surface area contributed by atoms with Gasteiger partial charge >= 0.3 is 5.97 Å². The minimum atomic E-state index is -2.26. The van der Waals surface area contributed by atoms with Crippen LogP contribution in [0.1, 0.15) is 31.9 Å². The Bertz CT molecular complexity index is 950. The van der Waals surface area contributed by atoms with Crippen molar-refractivity contribution in [3.8, 4) is 0 Å². The standard InChI is InChI=1S/C26H34O6Si/c1-26(2,3)33(4,5)32-21(16-27)22-23(29-17-19-12-8-6-9-13-19)24(25(28)31-22)30-18-20-14-10-7-11-15-20/h6-15,21-22,27H,16-18H2,1-5H3/t21-,22-/m1/s1. The van der Waals surface area contributed by atoms with Crippen LogP contribution in [0.3, 0.4) is 0 Å². The van der Waals surface area contributed by atoms with E-state index in [9.17, 15) is 9.90 Å². The lowest BCUT2D eigenvalue weighted by molar-refractivity contribution is -0.148. The number of esters is 1. The molecule has 6 nitrogen and oxygen atoms in total. The van der Waals surface area contributed by atoms with Gasteiger partial charge in [-0.3, -0.25) is 0 Å². The van der Waals surface area contributed by atoms with Crippen LogP contribution in [-0.4, -0.2) is 38.2 Å². The van der Waals surface area contributed by atoms with Crippen molar-refractivity contribution in [1.29, 1.82) is 0 Å². The fourth-order valence-electron chi connectivity index (χ4n) is 3.19. The summed E-state index contributed by atoms with van der Waals surface area (Å²) in [5.41, 5.74) is 1.86. The zero-order chi connectivity index (χ0) is 24.1. The molecule has 0 radical (unpaired) electrons. The van der Waals surface area contributed by atoms with E-state index in [0.29, 0.717) is 0 Å². The van der Waals surface area contributed by atoms with Crippen molar-refractivity contribution in [2.45, 2.75) is 64.3 Å². The Morgan fingerprint density at radius 2 is 1.45 bits per heavy atom. The quantitative estimate of drug-likeness (QED) is 0.392. The van der Waals surface area contributed by atoms with Gasteiger partial charge < -0.3 is 23.7 Å². The van der Waals surface area contributed by atoms with Crippen LogP contribution in [0.15, 0.2) is 72.2 Å². The molecule has 0 amide bonds. The molecule has 1 heterocycles. The third-order valence-electron chi connectivity index (χ3n) is 6.13. The molecular formula is C26H34O6Si. The molecule has 0 aliphatic carbocycles. The molecule has 7 heteroatoms. The Labute approximate surface area is 197 Å². The first kappa shape index (κ1) is 25.0. The van der Waals surface area contributed by atoms with E-state index in [4.69, 9.17) is 18.6 Å². The summed E-state index contributed by atoms with van der Waals surface area (Å²) in [7, 11) is -2.26. The first-order valence-electron chi connectivity index (χ1n) is 11.2. The Hall–Kier alpha value is -2.61. The van der Waals surface area contributed by atoms with Gasteiger partial charge in [-0.2, -0.15) is 0 Å². The summed E-state index contributed by atoms with van der Waals surface area (Å²) in [6, 6.07) is 19.2. The maximum absolute atomic E-state index is 12.8. The molecule has 2 aromatic rings. The van der Waals surface area contributed by atoms with Crippen LogP contribution in [0.25, 0.3) is 0 Å². The molecule has 178 valence electrons. The second-order valence-electron chi connectivity index (χ2n) is 9.67.